The fourth-order valence-electron chi connectivity index (χ4n) is 2.95. The maximum absolute atomic E-state index is 10.3. The highest BCUT2D eigenvalue weighted by Crippen LogP contribution is 2.40. The molecule has 23 heavy (non-hydrogen) atoms. The second-order valence-corrected chi connectivity index (χ2v) is 5.47. The van der Waals surface area contributed by atoms with Gasteiger partial charge in [-0.05, 0) is 42.0 Å². The lowest BCUT2D eigenvalue weighted by atomic mass is 10.0. The third kappa shape index (κ3) is 2.23. The minimum atomic E-state index is 0.127. The van der Waals surface area contributed by atoms with E-state index in [-0.39, 0.29) is 11.5 Å². The lowest BCUT2D eigenvalue weighted by Gasteiger charge is -2.10. The monoisotopic (exact) mass is 301 g/mol. The van der Waals surface area contributed by atoms with Crippen molar-refractivity contribution >= 4 is 5.52 Å². The van der Waals surface area contributed by atoms with Crippen LogP contribution in [0.3, 0.4) is 0 Å². The van der Waals surface area contributed by atoms with Crippen molar-refractivity contribution in [3.8, 4) is 33.9 Å². The summed E-state index contributed by atoms with van der Waals surface area (Å²) in [5.41, 5.74) is 4.57. The van der Waals surface area contributed by atoms with E-state index < -0.39 is 0 Å². The highest BCUT2D eigenvalue weighted by atomic mass is 16.3. The van der Waals surface area contributed by atoms with Crippen LogP contribution < -0.4 is 0 Å². The number of fused-ring (bicyclic) bond motifs is 1. The smallest absolute Gasteiger partial charge is 0.125 e. The Labute approximate surface area is 133 Å². The first kappa shape index (κ1) is 13.5. The Bertz CT molecular complexity index is 987. The number of pyridine rings is 1. The molecule has 0 aliphatic carbocycles. The Morgan fingerprint density at radius 2 is 1.48 bits per heavy atom. The van der Waals surface area contributed by atoms with Gasteiger partial charge >= 0.3 is 0 Å². The van der Waals surface area contributed by atoms with Gasteiger partial charge in [-0.25, -0.2) is 0 Å². The fraction of sp³-hybridized carbons (Fsp3) is 0. The fourth-order valence-corrected chi connectivity index (χ4v) is 2.95. The summed E-state index contributed by atoms with van der Waals surface area (Å²) in [6, 6.07) is 22.7. The van der Waals surface area contributed by atoms with Crippen LogP contribution in [0.25, 0.3) is 27.9 Å². The first-order valence-electron chi connectivity index (χ1n) is 7.42. The van der Waals surface area contributed by atoms with E-state index in [4.69, 9.17) is 0 Å². The molecule has 0 aliphatic rings. The summed E-state index contributed by atoms with van der Waals surface area (Å²) in [5, 5.41) is 20.2. The average Bonchev–Trinajstić information content (AvgIpc) is 2.97. The lowest BCUT2D eigenvalue weighted by Crippen LogP contribution is -1.89. The lowest BCUT2D eigenvalue weighted by molar-refractivity contribution is 0.461. The molecule has 0 radical (unpaired) electrons. The Balaban J connectivity index is 2.10. The molecular weight excluding hydrogens is 286 g/mol. The van der Waals surface area contributed by atoms with Crippen LogP contribution in [-0.2, 0) is 0 Å². The maximum atomic E-state index is 10.3. The molecule has 0 spiro atoms. The van der Waals surface area contributed by atoms with Gasteiger partial charge in [0.15, 0.2) is 0 Å². The van der Waals surface area contributed by atoms with Crippen LogP contribution in [0.15, 0.2) is 79.0 Å². The van der Waals surface area contributed by atoms with Gasteiger partial charge in [0.05, 0.1) is 5.69 Å². The molecule has 2 heterocycles. The summed E-state index contributed by atoms with van der Waals surface area (Å²) < 4.78 is 2.02. The molecule has 112 valence electrons. The topological polar surface area (TPSA) is 44.9 Å². The van der Waals surface area contributed by atoms with Crippen molar-refractivity contribution in [2.45, 2.75) is 0 Å². The number of phenols is 2. The first-order valence-corrected chi connectivity index (χ1v) is 7.42. The van der Waals surface area contributed by atoms with Gasteiger partial charge in [0.1, 0.15) is 11.5 Å². The molecule has 0 amide bonds. The van der Waals surface area contributed by atoms with Gasteiger partial charge < -0.3 is 14.6 Å². The molecule has 0 unspecified atom stereocenters. The molecule has 0 atom stereocenters. The number of aromatic hydroxyl groups is 2. The Kier molecular flexibility index (Phi) is 3.05. The van der Waals surface area contributed by atoms with Crippen LogP contribution in [0.2, 0.25) is 0 Å². The summed E-state index contributed by atoms with van der Waals surface area (Å²) in [5.74, 6) is 0.270. The van der Waals surface area contributed by atoms with Crippen molar-refractivity contribution < 1.29 is 10.2 Å². The van der Waals surface area contributed by atoms with Crippen molar-refractivity contribution in [3.63, 3.8) is 0 Å². The van der Waals surface area contributed by atoms with Crippen molar-refractivity contribution in [2.75, 3.05) is 0 Å². The molecule has 2 N–H and O–H groups in total. The highest BCUT2D eigenvalue weighted by Gasteiger charge is 2.17. The van der Waals surface area contributed by atoms with E-state index in [0.29, 0.717) is 5.56 Å². The van der Waals surface area contributed by atoms with Gasteiger partial charge in [0.25, 0.3) is 0 Å². The van der Waals surface area contributed by atoms with Gasteiger partial charge in [-0.15, -0.1) is 0 Å². The molecule has 3 nitrogen and oxygen atoms in total. The van der Waals surface area contributed by atoms with Crippen molar-refractivity contribution in [1.29, 1.82) is 0 Å². The zero-order chi connectivity index (χ0) is 15.8. The van der Waals surface area contributed by atoms with E-state index in [1.165, 1.54) is 12.1 Å². The third-order valence-electron chi connectivity index (χ3n) is 4.00. The van der Waals surface area contributed by atoms with E-state index in [1.54, 1.807) is 6.07 Å². The zero-order valence-corrected chi connectivity index (χ0v) is 12.3. The summed E-state index contributed by atoms with van der Waals surface area (Å²) >= 11 is 0. The predicted molar refractivity (Wildman–Crippen MR) is 91.6 cm³/mol. The second kappa shape index (κ2) is 5.21. The van der Waals surface area contributed by atoms with E-state index >= 15 is 0 Å². The molecule has 2 aromatic carbocycles. The van der Waals surface area contributed by atoms with Crippen LogP contribution in [0.4, 0.5) is 0 Å². The van der Waals surface area contributed by atoms with Crippen LogP contribution in [-0.4, -0.2) is 14.6 Å². The van der Waals surface area contributed by atoms with Gasteiger partial charge in [-0.1, -0.05) is 36.4 Å². The molecule has 0 saturated heterocycles. The zero-order valence-electron chi connectivity index (χ0n) is 12.3. The molecule has 0 saturated carbocycles. The quantitative estimate of drug-likeness (QED) is 0.528. The minimum Gasteiger partial charge on any atom is -0.508 e. The highest BCUT2D eigenvalue weighted by molar-refractivity contribution is 5.89. The Morgan fingerprint density at radius 1 is 0.696 bits per heavy atom. The number of rotatable bonds is 2. The molecule has 0 fully saturated rings. The molecule has 0 aliphatic heterocycles. The van der Waals surface area contributed by atoms with Gasteiger partial charge in [-0.2, -0.15) is 0 Å². The van der Waals surface area contributed by atoms with Crippen molar-refractivity contribution in [1.82, 2.24) is 4.40 Å². The Hall–Kier alpha value is -3.20. The number of phenolic OH excluding ortho intramolecular Hbond substituents is 2. The molecule has 0 bridgehead atoms. The Morgan fingerprint density at radius 3 is 2.30 bits per heavy atom. The number of hydrogen-bond acceptors (Lipinski definition) is 2. The van der Waals surface area contributed by atoms with E-state index in [2.05, 4.69) is 6.07 Å². The van der Waals surface area contributed by atoms with Gasteiger partial charge in [-0.3, -0.25) is 0 Å². The second-order valence-electron chi connectivity index (χ2n) is 5.47. The average molecular weight is 301 g/mol. The molecule has 3 heteroatoms. The SMILES string of the molecule is Oc1ccc(O)c(-c2c(-c3ccccc3)cc3ccccn23)c1. The van der Waals surface area contributed by atoms with E-state index in [1.807, 2.05) is 59.1 Å². The summed E-state index contributed by atoms with van der Waals surface area (Å²) in [7, 11) is 0. The number of aromatic nitrogens is 1. The van der Waals surface area contributed by atoms with Crippen LogP contribution in [0, 0.1) is 0 Å². The number of nitrogens with zero attached hydrogens (tertiary/aromatic N) is 1. The van der Waals surface area contributed by atoms with Gasteiger partial charge in [0, 0.05) is 22.8 Å². The molecular formula is C20H15NO2. The van der Waals surface area contributed by atoms with E-state index in [0.717, 1.165) is 22.3 Å². The van der Waals surface area contributed by atoms with Crippen molar-refractivity contribution in [2.24, 2.45) is 0 Å². The molecule has 2 aromatic heterocycles. The summed E-state index contributed by atoms with van der Waals surface area (Å²) in [6.07, 6.45) is 1.96. The molecule has 4 rings (SSSR count). The van der Waals surface area contributed by atoms with Crippen LogP contribution >= 0.6 is 0 Å². The predicted octanol–water partition coefficient (Wildman–Crippen LogP) is 4.68. The van der Waals surface area contributed by atoms with E-state index in [9.17, 15) is 10.2 Å². The van der Waals surface area contributed by atoms with Crippen molar-refractivity contribution in [3.05, 3.63) is 79.0 Å². The minimum absolute atomic E-state index is 0.127. The summed E-state index contributed by atoms with van der Waals surface area (Å²) in [6.45, 7) is 0. The normalized spacial score (nSPS) is 11.0. The third-order valence-corrected chi connectivity index (χ3v) is 4.00. The standard InChI is InChI=1S/C20H15NO2/c22-16-9-10-19(23)18(13-16)20-17(14-6-2-1-3-7-14)12-15-8-4-5-11-21(15)20/h1-13,22-23H. The van der Waals surface area contributed by atoms with Gasteiger partial charge in [0.2, 0.25) is 0 Å². The van der Waals surface area contributed by atoms with Crippen LogP contribution in [0.1, 0.15) is 0 Å². The number of benzene rings is 2. The maximum Gasteiger partial charge on any atom is 0.125 e. The first-order chi connectivity index (χ1) is 11.2. The molecule has 4 aromatic rings. The summed E-state index contributed by atoms with van der Waals surface area (Å²) in [4.78, 5) is 0. The number of hydrogen-bond donors (Lipinski definition) is 2. The largest absolute Gasteiger partial charge is 0.508 e. The van der Waals surface area contributed by atoms with Crippen LogP contribution in [0.5, 0.6) is 11.5 Å².